The van der Waals surface area contributed by atoms with Crippen molar-refractivity contribution in [2.45, 2.75) is 70.8 Å². The van der Waals surface area contributed by atoms with E-state index in [9.17, 15) is 5.26 Å². The van der Waals surface area contributed by atoms with Crippen LogP contribution < -0.4 is 4.74 Å². The number of ether oxygens (including phenoxy) is 1. The number of benzene rings is 1. The van der Waals surface area contributed by atoms with Crippen LogP contribution in [0.15, 0.2) is 27.8 Å². The molecule has 0 aromatic heterocycles. The van der Waals surface area contributed by atoms with Crippen LogP contribution in [-0.2, 0) is 4.43 Å². The minimum absolute atomic E-state index is 0.0512. The van der Waals surface area contributed by atoms with E-state index in [0.717, 1.165) is 4.47 Å². The Balaban J connectivity index is 3.17. The van der Waals surface area contributed by atoms with Crippen molar-refractivity contribution in [2.75, 3.05) is 6.61 Å². The van der Waals surface area contributed by atoms with Crippen molar-refractivity contribution in [3.63, 3.8) is 0 Å². The molecule has 0 amide bonds. The van der Waals surface area contributed by atoms with Crippen molar-refractivity contribution in [1.82, 2.24) is 0 Å². The maximum atomic E-state index is 9.37. The van der Waals surface area contributed by atoms with Crippen molar-refractivity contribution in [3.05, 3.63) is 38.7 Å². The summed E-state index contributed by atoms with van der Waals surface area (Å²) in [6.45, 7) is 15.0. The smallest absolute Gasteiger partial charge is 0.191 e. The quantitative estimate of drug-likeness (QED) is 0.193. The monoisotopic (exact) mass is 452 g/mol. The molecule has 0 heterocycles. The summed E-state index contributed by atoms with van der Waals surface area (Å²) in [6, 6.07) is 6.87. The molecule has 0 spiro atoms. The number of hydrogen-bond acceptors (Lipinski definition) is 4. The topological polar surface area (TPSA) is 91.0 Å². The first kappa shape index (κ1) is 23.5. The lowest BCUT2D eigenvalue weighted by Crippen LogP contribution is -2.49. The minimum Gasteiger partial charge on any atom is -0.486 e. The average Bonchev–Trinajstić information content (AvgIpc) is 2.57. The van der Waals surface area contributed by atoms with Crippen LogP contribution in [0.1, 0.15) is 46.6 Å². The molecule has 0 aliphatic rings. The first-order valence-corrected chi connectivity index (χ1v) is 12.7. The standard InChI is InChI=1S/C19H29BrN4O2Si/c1-8-19(5,26-16-11-15(20)10-9-14(16)12-21)17(23-24-22)13-25-27(6,7)18(2,3)4/h9-11,17H,8,13H2,1-7H3/t17-,19-/m1/s1. The largest absolute Gasteiger partial charge is 0.486 e. The second-order valence-electron chi connectivity index (χ2n) is 8.31. The minimum atomic E-state index is -2.01. The predicted octanol–water partition coefficient (Wildman–Crippen LogP) is 6.57. The Hall–Kier alpha value is -1.52. The second kappa shape index (κ2) is 9.11. The highest BCUT2D eigenvalue weighted by Gasteiger charge is 2.41. The summed E-state index contributed by atoms with van der Waals surface area (Å²) < 4.78 is 13.3. The molecule has 2 atom stereocenters. The zero-order valence-electron chi connectivity index (χ0n) is 17.2. The Bertz CT molecular complexity index is 751. The maximum Gasteiger partial charge on any atom is 0.191 e. The number of azide groups is 1. The molecular weight excluding hydrogens is 424 g/mol. The summed E-state index contributed by atoms with van der Waals surface area (Å²) in [7, 11) is -2.01. The molecule has 1 rings (SSSR count). The number of halogens is 1. The van der Waals surface area contributed by atoms with Crippen molar-refractivity contribution < 1.29 is 9.16 Å². The zero-order chi connectivity index (χ0) is 20.9. The van der Waals surface area contributed by atoms with Gasteiger partial charge in [-0.2, -0.15) is 5.26 Å². The molecule has 0 aliphatic carbocycles. The fourth-order valence-electron chi connectivity index (χ4n) is 2.20. The molecule has 1 aromatic carbocycles. The van der Waals surface area contributed by atoms with E-state index in [0.29, 0.717) is 17.7 Å². The van der Waals surface area contributed by atoms with Gasteiger partial charge >= 0.3 is 0 Å². The second-order valence-corrected chi connectivity index (χ2v) is 14.0. The van der Waals surface area contributed by atoms with E-state index in [2.05, 4.69) is 65.9 Å². The first-order chi connectivity index (χ1) is 12.4. The van der Waals surface area contributed by atoms with Gasteiger partial charge in [-0.15, -0.1) is 0 Å². The first-order valence-electron chi connectivity index (χ1n) is 8.97. The molecule has 0 radical (unpaired) electrons. The van der Waals surface area contributed by atoms with Gasteiger partial charge in [0.15, 0.2) is 8.32 Å². The summed E-state index contributed by atoms with van der Waals surface area (Å²) in [6.07, 6.45) is 0.592. The highest BCUT2D eigenvalue weighted by Crippen LogP contribution is 2.38. The van der Waals surface area contributed by atoms with Crippen LogP contribution in [0.2, 0.25) is 18.1 Å². The number of nitriles is 1. The van der Waals surface area contributed by atoms with Crippen LogP contribution in [0.5, 0.6) is 5.75 Å². The van der Waals surface area contributed by atoms with Gasteiger partial charge in [0, 0.05) is 16.0 Å². The summed E-state index contributed by atoms with van der Waals surface area (Å²) >= 11 is 3.41. The zero-order valence-corrected chi connectivity index (χ0v) is 19.8. The van der Waals surface area contributed by atoms with Gasteiger partial charge in [0.1, 0.15) is 17.4 Å². The molecule has 148 valence electrons. The Kier molecular flexibility index (Phi) is 7.94. The van der Waals surface area contributed by atoms with Gasteiger partial charge in [0.05, 0.1) is 11.6 Å². The van der Waals surface area contributed by atoms with Gasteiger partial charge in [-0.25, -0.2) is 0 Å². The van der Waals surface area contributed by atoms with Gasteiger partial charge in [0.25, 0.3) is 0 Å². The van der Waals surface area contributed by atoms with E-state index in [1.807, 2.05) is 13.8 Å². The number of hydrogen-bond donors (Lipinski definition) is 0. The van der Waals surface area contributed by atoms with Crippen LogP contribution in [0, 0.1) is 11.3 Å². The highest BCUT2D eigenvalue weighted by atomic mass is 79.9. The fraction of sp³-hybridized carbons (Fsp3) is 0.632. The summed E-state index contributed by atoms with van der Waals surface area (Å²) in [4.78, 5) is 3.02. The third kappa shape index (κ3) is 5.98. The van der Waals surface area contributed by atoms with Crippen LogP contribution in [-0.4, -0.2) is 26.6 Å². The molecule has 8 heteroatoms. The SMILES string of the molecule is CC[C@@](C)(Oc1cc(Br)ccc1C#N)[C@@H](CO[Si](C)(C)C(C)(C)C)N=[N+]=[N-]. The summed E-state index contributed by atoms with van der Waals surface area (Å²) in [5, 5.41) is 13.4. The number of nitrogens with zero attached hydrogens (tertiary/aromatic N) is 4. The average molecular weight is 453 g/mol. The molecule has 0 bridgehead atoms. The molecule has 27 heavy (non-hydrogen) atoms. The molecule has 0 saturated carbocycles. The van der Waals surface area contributed by atoms with Crippen molar-refractivity contribution in [3.8, 4) is 11.8 Å². The Morgan fingerprint density at radius 3 is 2.44 bits per heavy atom. The lowest BCUT2D eigenvalue weighted by molar-refractivity contribution is 0.0357. The maximum absolute atomic E-state index is 9.37. The number of rotatable bonds is 8. The molecule has 0 saturated heterocycles. The third-order valence-corrected chi connectivity index (χ3v) is 10.4. The van der Waals surface area contributed by atoms with Crippen molar-refractivity contribution >= 4 is 24.2 Å². The molecule has 0 fully saturated rings. The fourth-order valence-corrected chi connectivity index (χ4v) is 3.55. The molecule has 6 nitrogen and oxygen atoms in total. The lowest BCUT2D eigenvalue weighted by atomic mass is 9.94. The van der Waals surface area contributed by atoms with Gasteiger partial charge in [-0.05, 0) is 55.2 Å². The van der Waals surface area contributed by atoms with Crippen LogP contribution in [0.25, 0.3) is 10.4 Å². The Morgan fingerprint density at radius 2 is 1.96 bits per heavy atom. The summed E-state index contributed by atoms with van der Waals surface area (Å²) in [5.41, 5.74) is 8.72. The molecule has 1 aromatic rings. The lowest BCUT2D eigenvalue weighted by Gasteiger charge is -2.40. The van der Waals surface area contributed by atoms with Gasteiger partial charge < -0.3 is 9.16 Å². The van der Waals surface area contributed by atoms with E-state index in [1.54, 1.807) is 18.2 Å². The van der Waals surface area contributed by atoms with E-state index in [4.69, 9.17) is 14.7 Å². The third-order valence-electron chi connectivity index (χ3n) is 5.41. The van der Waals surface area contributed by atoms with E-state index < -0.39 is 20.0 Å². The molecule has 0 N–H and O–H groups in total. The van der Waals surface area contributed by atoms with Crippen LogP contribution >= 0.6 is 15.9 Å². The van der Waals surface area contributed by atoms with Crippen LogP contribution in [0.4, 0.5) is 0 Å². The molecule has 0 unspecified atom stereocenters. The summed E-state index contributed by atoms with van der Waals surface area (Å²) in [5.74, 6) is 0.460. The van der Waals surface area contributed by atoms with E-state index >= 15 is 0 Å². The van der Waals surface area contributed by atoms with Gasteiger partial charge in [-0.3, -0.25) is 0 Å². The van der Waals surface area contributed by atoms with Crippen molar-refractivity contribution in [2.24, 2.45) is 5.11 Å². The van der Waals surface area contributed by atoms with Gasteiger partial charge in [-0.1, -0.05) is 48.7 Å². The predicted molar refractivity (Wildman–Crippen MR) is 114 cm³/mol. The van der Waals surface area contributed by atoms with Crippen LogP contribution in [0.3, 0.4) is 0 Å². The normalized spacial score (nSPS) is 15.2. The molecule has 0 aliphatic heterocycles. The van der Waals surface area contributed by atoms with E-state index in [-0.39, 0.29) is 11.6 Å². The molecular formula is C19H29BrN4O2Si. The highest BCUT2D eigenvalue weighted by molar-refractivity contribution is 9.10. The Labute approximate surface area is 171 Å². The van der Waals surface area contributed by atoms with Crippen molar-refractivity contribution in [1.29, 1.82) is 5.26 Å². The Morgan fingerprint density at radius 1 is 1.33 bits per heavy atom. The van der Waals surface area contributed by atoms with E-state index in [1.165, 1.54) is 0 Å². The van der Waals surface area contributed by atoms with Gasteiger partial charge in [0.2, 0.25) is 0 Å².